The lowest BCUT2D eigenvalue weighted by Gasteiger charge is -2.40. The van der Waals surface area contributed by atoms with Crippen molar-refractivity contribution >= 4 is 5.91 Å². The SMILES string of the molecule is Cc1nc2c(c(=O)[nH]1)CCC21CCCN(C(=O)CCc2ccc3c(c2)OCO3)C1. The Balaban J connectivity index is 1.29. The molecule has 152 valence electrons. The molecule has 3 heterocycles. The summed E-state index contributed by atoms with van der Waals surface area (Å²) in [5.74, 6) is 2.33. The van der Waals surface area contributed by atoms with Crippen molar-refractivity contribution in [1.82, 2.24) is 14.9 Å². The number of aromatic nitrogens is 2. The Bertz CT molecular complexity index is 1030. The molecule has 1 aromatic heterocycles. The highest BCUT2D eigenvalue weighted by atomic mass is 16.7. The fraction of sp³-hybridized carbons (Fsp3) is 0.500. The highest BCUT2D eigenvalue weighted by Crippen LogP contribution is 2.43. The summed E-state index contributed by atoms with van der Waals surface area (Å²) in [6, 6.07) is 5.85. The number of hydrogen-bond donors (Lipinski definition) is 1. The molecular weight excluding hydrogens is 370 g/mol. The molecule has 1 saturated heterocycles. The van der Waals surface area contributed by atoms with Crippen LogP contribution in [0.25, 0.3) is 0 Å². The van der Waals surface area contributed by atoms with E-state index >= 15 is 0 Å². The highest BCUT2D eigenvalue weighted by Gasteiger charge is 2.45. The van der Waals surface area contributed by atoms with Gasteiger partial charge >= 0.3 is 0 Å². The number of aryl methyl sites for hydroxylation is 2. The summed E-state index contributed by atoms with van der Waals surface area (Å²) in [5.41, 5.74) is 2.62. The van der Waals surface area contributed by atoms with Gasteiger partial charge in [0.1, 0.15) is 5.82 Å². The summed E-state index contributed by atoms with van der Waals surface area (Å²) >= 11 is 0. The summed E-state index contributed by atoms with van der Waals surface area (Å²) in [6.07, 6.45) is 4.71. The van der Waals surface area contributed by atoms with Crippen LogP contribution in [0.2, 0.25) is 0 Å². The first-order chi connectivity index (χ1) is 14.0. The maximum absolute atomic E-state index is 13.0. The van der Waals surface area contributed by atoms with E-state index in [0.29, 0.717) is 25.2 Å². The van der Waals surface area contributed by atoms with E-state index in [-0.39, 0.29) is 23.7 Å². The van der Waals surface area contributed by atoms with Crippen molar-refractivity contribution in [2.45, 2.75) is 50.9 Å². The number of rotatable bonds is 3. The van der Waals surface area contributed by atoms with E-state index in [1.54, 1.807) is 0 Å². The van der Waals surface area contributed by atoms with Gasteiger partial charge in [0.15, 0.2) is 11.5 Å². The molecule has 7 heteroatoms. The number of likely N-dealkylation sites (tertiary alicyclic amines) is 1. The van der Waals surface area contributed by atoms with E-state index in [2.05, 4.69) is 4.98 Å². The first kappa shape index (κ1) is 18.2. The average molecular weight is 395 g/mol. The first-order valence-corrected chi connectivity index (χ1v) is 10.3. The second-order valence-electron chi connectivity index (χ2n) is 8.37. The van der Waals surface area contributed by atoms with Gasteiger partial charge in [-0.1, -0.05) is 6.07 Å². The smallest absolute Gasteiger partial charge is 0.254 e. The van der Waals surface area contributed by atoms with Gasteiger partial charge in [0, 0.05) is 30.5 Å². The summed E-state index contributed by atoms with van der Waals surface area (Å²) in [5, 5.41) is 0. The van der Waals surface area contributed by atoms with E-state index in [1.165, 1.54) is 0 Å². The molecule has 1 spiro atoms. The third-order valence-corrected chi connectivity index (χ3v) is 6.48. The molecule has 1 fully saturated rings. The zero-order chi connectivity index (χ0) is 20.0. The second kappa shape index (κ2) is 6.90. The lowest BCUT2D eigenvalue weighted by atomic mass is 9.77. The Morgan fingerprint density at radius 1 is 1.28 bits per heavy atom. The van der Waals surface area contributed by atoms with Crippen molar-refractivity contribution in [2.75, 3.05) is 19.9 Å². The predicted molar refractivity (Wildman–Crippen MR) is 106 cm³/mol. The summed E-state index contributed by atoms with van der Waals surface area (Å²) in [4.78, 5) is 34.8. The minimum atomic E-state index is -0.166. The Morgan fingerprint density at radius 3 is 3.03 bits per heavy atom. The van der Waals surface area contributed by atoms with E-state index in [9.17, 15) is 9.59 Å². The van der Waals surface area contributed by atoms with Crippen LogP contribution in [0.15, 0.2) is 23.0 Å². The number of benzene rings is 1. The molecule has 29 heavy (non-hydrogen) atoms. The standard InChI is InChI=1S/C22H25N3O4/c1-14-23-20-16(21(27)24-14)7-9-22(20)8-2-10-25(12-22)19(26)6-4-15-3-5-17-18(11-15)29-13-28-17/h3,5,11H,2,4,6-10,12-13H2,1H3,(H,23,24,27). The number of fused-ring (bicyclic) bond motifs is 3. The molecule has 0 radical (unpaired) electrons. The van der Waals surface area contributed by atoms with Gasteiger partial charge in [-0.15, -0.1) is 0 Å². The van der Waals surface area contributed by atoms with E-state index in [0.717, 1.165) is 60.5 Å². The molecular formula is C22H25N3O4. The van der Waals surface area contributed by atoms with Gasteiger partial charge in [0.25, 0.3) is 5.56 Å². The zero-order valence-corrected chi connectivity index (χ0v) is 16.6. The van der Waals surface area contributed by atoms with E-state index in [4.69, 9.17) is 14.5 Å². The topological polar surface area (TPSA) is 84.5 Å². The van der Waals surface area contributed by atoms with Crippen molar-refractivity contribution in [3.05, 3.63) is 51.2 Å². The molecule has 1 N–H and O–H groups in total. The van der Waals surface area contributed by atoms with Crippen LogP contribution in [0.5, 0.6) is 11.5 Å². The maximum atomic E-state index is 13.0. The minimum Gasteiger partial charge on any atom is -0.454 e. The van der Waals surface area contributed by atoms with Crippen molar-refractivity contribution in [3.8, 4) is 11.5 Å². The van der Waals surface area contributed by atoms with Crippen molar-refractivity contribution in [2.24, 2.45) is 0 Å². The quantitative estimate of drug-likeness (QED) is 0.862. The maximum Gasteiger partial charge on any atom is 0.254 e. The third kappa shape index (κ3) is 3.18. The van der Waals surface area contributed by atoms with Gasteiger partial charge in [0.2, 0.25) is 12.7 Å². The van der Waals surface area contributed by atoms with Crippen LogP contribution in [0.3, 0.4) is 0 Å². The molecule has 1 unspecified atom stereocenters. The minimum absolute atomic E-state index is 0.0179. The Kier molecular flexibility index (Phi) is 4.33. The van der Waals surface area contributed by atoms with Crippen LogP contribution in [-0.2, 0) is 23.1 Å². The number of ether oxygens (including phenoxy) is 2. The molecule has 1 atom stereocenters. The first-order valence-electron chi connectivity index (χ1n) is 10.3. The highest BCUT2D eigenvalue weighted by molar-refractivity contribution is 5.77. The van der Waals surface area contributed by atoms with Crippen LogP contribution in [-0.4, -0.2) is 40.7 Å². The number of carbonyl (C=O) groups is 1. The van der Waals surface area contributed by atoms with Gasteiger partial charge in [-0.3, -0.25) is 9.59 Å². The van der Waals surface area contributed by atoms with Crippen LogP contribution in [0.4, 0.5) is 0 Å². The summed E-state index contributed by atoms with van der Waals surface area (Å²) in [6.45, 7) is 3.52. The zero-order valence-electron chi connectivity index (χ0n) is 16.6. The molecule has 5 rings (SSSR count). The number of carbonyl (C=O) groups excluding carboxylic acids is 1. The fourth-order valence-electron chi connectivity index (χ4n) is 5.01. The lowest BCUT2D eigenvalue weighted by molar-refractivity contribution is -0.133. The van der Waals surface area contributed by atoms with Crippen molar-refractivity contribution in [3.63, 3.8) is 0 Å². The summed E-state index contributed by atoms with van der Waals surface area (Å²) < 4.78 is 10.8. The molecule has 0 saturated carbocycles. The number of piperidine rings is 1. The van der Waals surface area contributed by atoms with Gasteiger partial charge in [-0.25, -0.2) is 4.98 Å². The molecule has 2 aromatic rings. The normalized spacial score (nSPS) is 22.2. The van der Waals surface area contributed by atoms with Crippen molar-refractivity contribution in [1.29, 1.82) is 0 Å². The van der Waals surface area contributed by atoms with E-state index < -0.39 is 0 Å². The number of amides is 1. The van der Waals surface area contributed by atoms with Gasteiger partial charge in [-0.05, 0) is 56.7 Å². The number of H-pyrrole nitrogens is 1. The Morgan fingerprint density at radius 2 is 2.14 bits per heavy atom. The lowest BCUT2D eigenvalue weighted by Crippen LogP contribution is -2.48. The van der Waals surface area contributed by atoms with Crippen LogP contribution < -0.4 is 15.0 Å². The molecule has 3 aliphatic rings. The molecule has 0 bridgehead atoms. The number of nitrogens with zero attached hydrogens (tertiary/aromatic N) is 2. The van der Waals surface area contributed by atoms with Gasteiger partial charge in [0.05, 0.1) is 5.69 Å². The largest absolute Gasteiger partial charge is 0.454 e. The number of aromatic amines is 1. The molecule has 7 nitrogen and oxygen atoms in total. The third-order valence-electron chi connectivity index (χ3n) is 6.48. The number of hydrogen-bond acceptors (Lipinski definition) is 5. The van der Waals surface area contributed by atoms with Gasteiger partial charge < -0.3 is 19.4 Å². The van der Waals surface area contributed by atoms with Crippen LogP contribution >= 0.6 is 0 Å². The Hall–Kier alpha value is -2.83. The van der Waals surface area contributed by atoms with Crippen LogP contribution in [0, 0.1) is 6.92 Å². The molecule has 1 aliphatic carbocycles. The van der Waals surface area contributed by atoms with Crippen LogP contribution in [0.1, 0.15) is 48.3 Å². The fourth-order valence-corrected chi connectivity index (χ4v) is 5.01. The predicted octanol–water partition coefficient (Wildman–Crippen LogP) is 2.25. The van der Waals surface area contributed by atoms with Gasteiger partial charge in [-0.2, -0.15) is 0 Å². The molecule has 2 aliphatic heterocycles. The summed E-state index contributed by atoms with van der Waals surface area (Å²) in [7, 11) is 0. The average Bonchev–Trinajstić information content (AvgIpc) is 3.31. The second-order valence-corrected chi connectivity index (χ2v) is 8.37. The Labute approximate surface area is 169 Å². The van der Waals surface area contributed by atoms with Crippen molar-refractivity contribution < 1.29 is 14.3 Å². The molecule has 1 aromatic carbocycles. The number of nitrogens with one attached hydrogen (secondary N) is 1. The monoisotopic (exact) mass is 395 g/mol. The van der Waals surface area contributed by atoms with E-state index in [1.807, 2.05) is 30.0 Å². The molecule has 1 amide bonds.